The van der Waals surface area contributed by atoms with Crippen molar-refractivity contribution in [3.63, 3.8) is 0 Å². The molecule has 2 fully saturated rings. The van der Waals surface area contributed by atoms with Crippen molar-refractivity contribution < 1.29 is 9.53 Å². The quantitative estimate of drug-likeness (QED) is 0.715. The summed E-state index contributed by atoms with van der Waals surface area (Å²) in [5, 5.41) is 3.72. The summed E-state index contributed by atoms with van der Waals surface area (Å²) < 4.78 is 5.09. The summed E-state index contributed by atoms with van der Waals surface area (Å²) in [5.74, 6) is 0.423. The van der Waals surface area contributed by atoms with E-state index >= 15 is 0 Å². The first-order chi connectivity index (χ1) is 9.21. The van der Waals surface area contributed by atoms with Crippen LogP contribution in [0.2, 0.25) is 0 Å². The van der Waals surface area contributed by atoms with Crippen LogP contribution >= 0.6 is 0 Å². The maximum atomic E-state index is 11.7. The summed E-state index contributed by atoms with van der Waals surface area (Å²) in [6.45, 7) is 7.92. The van der Waals surface area contributed by atoms with Gasteiger partial charge in [-0.1, -0.05) is 6.92 Å². The highest BCUT2D eigenvalue weighted by molar-refractivity contribution is 5.69. The predicted octanol–water partition coefficient (Wildman–Crippen LogP) is 1.79. The van der Waals surface area contributed by atoms with Gasteiger partial charge in [0.15, 0.2) is 0 Å². The molecule has 1 saturated carbocycles. The van der Waals surface area contributed by atoms with Gasteiger partial charge < -0.3 is 15.0 Å². The van der Waals surface area contributed by atoms with E-state index in [1.165, 1.54) is 19.3 Å². The van der Waals surface area contributed by atoms with E-state index in [2.05, 4.69) is 17.1 Å². The van der Waals surface area contributed by atoms with E-state index in [-0.39, 0.29) is 5.97 Å². The lowest BCUT2D eigenvalue weighted by Crippen LogP contribution is -2.50. The third-order valence-electron chi connectivity index (χ3n) is 3.96. The van der Waals surface area contributed by atoms with E-state index in [1.54, 1.807) is 0 Å². The van der Waals surface area contributed by atoms with E-state index in [4.69, 9.17) is 4.74 Å². The molecule has 0 amide bonds. The zero-order valence-corrected chi connectivity index (χ0v) is 12.4. The normalized spacial score (nSPS) is 28.3. The summed E-state index contributed by atoms with van der Waals surface area (Å²) in [5.41, 5.74) is 0. The number of carbonyl (C=O) groups is 1. The van der Waals surface area contributed by atoms with Gasteiger partial charge in [0, 0.05) is 31.6 Å². The second-order valence-electron chi connectivity index (χ2n) is 6.01. The maximum absolute atomic E-state index is 11.7. The first-order valence-electron chi connectivity index (χ1n) is 7.85. The Hall–Kier alpha value is -0.610. The number of ether oxygens (including phenoxy) is 1. The molecule has 0 bridgehead atoms. The molecule has 0 radical (unpaired) electrons. The minimum absolute atomic E-state index is 0.0315. The largest absolute Gasteiger partial charge is 0.466 e. The Morgan fingerprint density at radius 1 is 1.26 bits per heavy atom. The standard InChI is InChI=1S/C15H28N2O2/c1-3-7-17-10-12(9-15(18)19-4-2)8-14(11-17)16-13-5-6-13/h12-14,16H,3-11H2,1-2H3. The second kappa shape index (κ2) is 7.25. The van der Waals surface area contributed by atoms with Gasteiger partial charge in [-0.3, -0.25) is 4.79 Å². The number of carbonyl (C=O) groups excluding carboxylic acids is 1. The van der Waals surface area contributed by atoms with E-state index in [0.29, 0.717) is 25.0 Å². The predicted molar refractivity (Wildman–Crippen MR) is 76.0 cm³/mol. The van der Waals surface area contributed by atoms with Crippen LogP contribution in [0.4, 0.5) is 0 Å². The van der Waals surface area contributed by atoms with Crippen molar-refractivity contribution in [1.29, 1.82) is 0 Å². The molecule has 0 aromatic heterocycles. The average molecular weight is 268 g/mol. The number of rotatable bonds is 7. The van der Waals surface area contributed by atoms with Gasteiger partial charge >= 0.3 is 5.97 Å². The molecule has 2 aliphatic rings. The number of nitrogens with zero attached hydrogens (tertiary/aromatic N) is 1. The molecule has 4 heteroatoms. The van der Waals surface area contributed by atoms with Crippen molar-refractivity contribution >= 4 is 5.97 Å². The molecule has 110 valence electrons. The molecule has 1 aliphatic carbocycles. The molecule has 2 rings (SSSR count). The number of piperidine rings is 1. The zero-order chi connectivity index (χ0) is 13.7. The Morgan fingerprint density at radius 3 is 2.68 bits per heavy atom. The van der Waals surface area contributed by atoms with Crippen molar-refractivity contribution in [1.82, 2.24) is 10.2 Å². The van der Waals surface area contributed by atoms with Crippen molar-refractivity contribution in [2.45, 2.75) is 58.0 Å². The van der Waals surface area contributed by atoms with E-state index in [1.807, 2.05) is 6.92 Å². The summed E-state index contributed by atoms with van der Waals surface area (Å²) in [7, 11) is 0. The fourth-order valence-corrected chi connectivity index (χ4v) is 3.11. The van der Waals surface area contributed by atoms with Crippen LogP contribution in [-0.2, 0) is 9.53 Å². The highest BCUT2D eigenvalue weighted by Crippen LogP contribution is 2.25. The number of hydrogen-bond acceptors (Lipinski definition) is 4. The lowest BCUT2D eigenvalue weighted by atomic mass is 9.91. The Balaban J connectivity index is 1.83. The lowest BCUT2D eigenvalue weighted by Gasteiger charge is -2.38. The number of likely N-dealkylation sites (tertiary alicyclic amines) is 1. The molecule has 1 N–H and O–H groups in total. The van der Waals surface area contributed by atoms with E-state index < -0.39 is 0 Å². The molecule has 1 heterocycles. The van der Waals surface area contributed by atoms with Gasteiger partial charge in [-0.25, -0.2) is 0 Å². The molecule has 0 aromatic carbocycles. The van der Waals surface area contributed by atoms with Crippen molar-refractivity contribution in [3.8, 4) is 0 Å². The van der Waals surface area contributed by atoms with Gasteiger partial charge in [0.2, 0.25) is 0 Å². The zero-order valence-electron chi connectivity index (χ0n) is 12.4. The van der Waals surface area contributed by atoms with Gasteiger partial charge in [-0.15, -0.1) is 0 Å². The first-order valence-corrected chi connectivity index (χ1v) is 7.85. The molecular formula is C15H28N2O2. The minimum atomic E-state index is -0.0315. The number of esters is 1. The van der Waals surface area contributed by atoms with Crippen LogP contribution in [0.1, 0.15) is 46.0 Å². The summed E-state index contributed by atoms with van der Waals surface area (Å²) >= 11 is 0. The smallest absolute Gasteiger partial charge is 0.306 e. The van der Waals surface area contributed by atoms with Crippen molar-refractivity contribution in [3.05, 3.63) is 0 Å². The Kier molecular flexibility index (Phi) is 5.64. The summed E-state index contributed by atoms with van der Waals surface area (Å²) in [4.78, 5) is 14.2. The molecule has 0 spiro atoms. The van der Waals surface area contributed by atoms with Crippen LogP contribution in [-0.4, -0.2) is 49.2 Å². The Labute approximate surface area is 116 Å². The van der Waals surface area contributed by atoms with Crippen molar-refractivity contribution in [2.75, 3.05) is 26.2 Å². The van der Waals surface area contributed by atoms with Crippen LogP contribution in [0.25, 0.3) is 0 Å². The minimum Gasteiger partial charge on any atom is -0.466 e. The molecular weight excluding hydrogens is 240 g/mol. The lowest BCUT2D eigenvalue weighted by molar-refractivity contribution is -0.144. The SMILES string of the molecule is CCCN1CC(CC(=O)OCC)CC(NC2CC2)C1. The third kappa shape index (κ3) is 5.11. The van der Waals surface area contributed by atoms with Crippen LogP contribution in [0.15, 0.2) is 0 Å². The Morgan fingerprint density at radius 2 is 2.05 bits per heavy atom. The van der Waals surface area contributed by atoms with Gasteiger partial charge in [0.25, 0.3) is 0 Å². The molecule has 1 saturated heterocycles. The van der Waals surface area contributed by atoms with Crippen molar-refractivity contribution in [2.24, 2.45) is 5.92 Å². The molecule has 1 aliphatic heterocycles. The molecule has 2 unspecified atom stereocenters. The first kappa shape index (κ1) is 14.8. The van der Waals surface area contributed by atoms with Gasteiger partial charge in [0.05, 0.1) is 6.61 Å². The Bertz CT molecular complexity index is 292. The third-order valence-corrected chi connectivity index (χ3v) is 3.96. The summed E-state index contributed by atoms with van der Waals surface area (Å²) in [6, 6.07) is 1.31. The number of hydrogen-bond donors (Lipinski definition) is 1. The molecule has 4 nitrogen and oxygen atoms in total. The van der Waals surface area contributed by atoms with E-state index in [9.17, 15) is 4.79 Å². The highest BCUT2D eigenvalue weighted by Gasteiger charge is 2.32. The van der Waals surface area contributed by atoms with Crippen LogP contribution in [0.3, 0.4) is 0 Å². The number of nitrogens with one attached hydrogen (secondary N) is 1. The van der Waals surface area contributed by atoms with Gasteiger partial charge in [0.1, 0.15) is 0 Å². The molecule has 2 atom stereocenters. The van der Waals surface area contributed by atoms with Crippen LogP contribution in [0, 0.1) is 5.92 Å². The monoisotopic (exact) mass is 268 g/mol. The fourth-order valence-electron chi connectivity index (χ4n) is 3.11. The van der Waals surface area contributed by atoms with E-state index in [0.717, 1.165) is 32.1 Å². The van der Waals surface area contributed by atoms with Crippen LogP contribution in [0.5, 0.6) is 0 Å². The molecule has 0 aromatic rings. The molecule has 19 heavy (non-hydrogen) atoms. The van der Waals surface area contributed by atoms with Gasteiger partial charge in [-0.2, -0.15) is 0 Å². The second-order valence-corrected chi connectivity index (χ2v) is 6.01. The fraction of sp³-hybridized carbons (Fsp3) is 0.933. The maximum Gasteiger partial charge on any atom is 0.306 e. The topological polar surface area (TPSA) is 41.6 Å². The van der Waals surface area contributed by atoms with Crippen LogP contribution < -0.4 is 5.32 Å². The van der Waals surface area contributed by atoms with Gasteiger partial charge in [-0.05, 0) is 45.1 Å². The highest BCUT2D eigenvalue weighted by atomic mass is 16.5. The summed E-state index contributed by atoms with van der Waals surface area (Å²) in [6.07, 6.45) is 5.54. The average Bonchev–Trinajstić information content (AvgIpc) is 3.13.